The largest absolute Gasteiger partial charge is 0.378 e. The molecule has 1 fully saturated rings. The topological polar surface area (TPSA) is 48.1 Å². The Bertz CT molecular complexity index is 409. The molecule has 0 aromatic carbocycles. The fourth-order valence-corrected chi connectivity index (χ4v) is 3.45. The molecular weight excluding hydrogens is 258 g/mol. The van der Waals surface area contributed by atoms with Gasteiger partial charge in [0.15, 0.2) is 0 Å². The van der Waals surface area contributed by atoms with Crippen LogP contribution in [0.4, 0.5) is 8.78 Å². The van der Waals surface area contributed by atoms with Crippen LogP contribution in [0.3, 0.4) is 0 Å². The zero-order valence-electron chi connectivity index (χ0n) is 10.4. The number of rotatable bonds is 4. The first kappa shape index (κ1) is 13.8. The van der Waals surface area contributed by atoms with Gasteiger partial charge in [-0.1, -0.05) is 0 Å². The highest BCUT2D eigenvalue weighted by molar-refractivity contribution is 7.11. The number of thiazole rings is 1. The van der Waals surface area contributed by atoms with Gasteiger partial charge in [0.1, 0.15) is 0 Å². The molecule has 6 heteroatoms. The average Bonchev–Trinajstić information content (AvgIpc) is 2.71. The van der Waals surface area contributed by atoms with Gasteiger partial charge in [-0.15, -0.1) is 11.3 Å². The van der Waals surface area contributed by atoms with E-state index < -0.39 is 5.92 Å². The Morgan fingerprint density at radius 2 is 2.33 bits per heavy atom. The van der Waals surface area contributed by atoms with Gasteiger partial charge in [-0.3, -0.25) is 0 Å². The van der Waals surface area contributed by atoms with Crippen molar-refractivity contribution < 1.29 is 13.5 Å². The summed E-state index contributed by atoms with van der Waals surface area (Å²) >= 11 is 1.46. The summed E-state index contributed by atoms with van der Waals surface area (Å²) in [5.74, 6) is -2.67. The van der Waals surface area contributed by atoms with Crippen molar-refractivity contribution in [2.75, 3.05) is 7.11 Å². The smallest absolute Gasteiger partial charge is 0.248 e. The number of nitrogens with zero attached hydrogens (tertiary/aromatic N) is 1. The van der Waals surface area contributed by atoms with E-state index in [0.717, 1.165) is 22.0 Å². The van der Waals surface area contributed by atoms with E-state index in [1.54, 1.807) is 7.11 Å². The van der Waals surface area contributed by atoms with Crippen molar-refractivity contribution in [1.82, 2.24) is 4.98 Å². The molecule has 1 aliphatic carbocycles. The monoisotopic (exact) mass is 276 g/mol. The fourth-order valence-electron chi connectivity index (χ4n) is 2.37. The molecule has 3 nitrogen and oxygen atoms in total. The van der Waals surface area contributed by atoms with Gasteiger partial charge in [0.2, 0.25) is 5.92 Å². The van der Waals surface area contributed by atoms with Crippen molar-refractivity contribution in [3.8, 4) is 0 Å². The average molecular weight is 276 g/mol. The molecule has 1 unspecified atom stereocenters. The van der Waals surface area contributed by atoms with E-state index in [0.29, 0.717) is 19.6 Å². The van der Waals surface area contributed by atoms with Gasteiger partial charge in [0, 0.05) is 37.3 Å². The van der Waals surface area contributed by atoms with Gasteiger partial charge in [0.25, 0.3) is 0 Å². The van der Waals surface area contributed by atoms with E-state index in [4.69, 9.17) is 10.5 Å². The second-order valence-electron chi connectivity index (χ2n) is 4.71. The highest BCUT2D eigenvalue weighted by Gasteiger charge is 2.38. The zero-order chi connectivity index (χ0) is 13.2. The molecule has 1 saturated carbocycles. The molecule has 102 valence electrons. The maximum Gasteiger partial charge on any atom is 0.248 e. The lowest BCUT2D eigenvalue weighted by Gasteiger charge is -2.27. The Morgan fingerprint density at radius 1 is 1.56 bits per heavy atom. The summed E-state index contributed by atoms with van der Waals surface area (Å²) in [4.78, 5) is 5.39. The van der Waals surface area contributed by atoms with Crippen LogP contribution >= 0.6 is 11.3 Å². The third-order valence-corrected chi connectivity index (χ3v) is 4.53. The molecule has 0 bridgehead atoms. The van der Waals surface area contributed by atoms with Gasteiger partial charge in [-0.25, -0.2) is 13.8 Å². The summed E-state index contributed by atoms with van der Waals surface area (Å²) < 4.78 is 31.9. The van der Waals surface area contributed by atoms with Crippen molar-refractivity contribution >= 4 is 11.3 Å². The molecule has 2 rings (SSSR count). The molecule has 1 aliphatic rings. The molecule has 0 radical (unpaired) electrons. The van der Waals surface area contributed by atoms with Crippen molar-refractivity contribution in [2.24, 2.45) is 5.73 Å². The fraction of sp³-hybridized carbons (Fsp3) is 0.750. The van der Waals surface area contributed by atoms with E-state index in [2.05, 4.69) is 4.98 Å². The number of nitrogens with two attached hydrogens (primary N) is 1. The summed E-state index contributed by atoms with van der Waals surface area (Å²) in [7, 11) is 1.59. The van der Waals surface area contributed by atoms with E-state index in [1.165, 1.54) is 11.3 Å². The minimum absolute atomic E-state index is 0.00352. The summed E-state index contributed by atoms with van der Waals surface area (Å²) in [6, 6.07) is 0. The van der Waals surface area contributed by atoms with E-state index in [-0.39, 0.29) is 18.8 Å². The first-order chi connectivity index (χ1) is 8.55. The third kappa shape index (κ3) is 3.05. The van der Waals surface area contributed by atoms with E-state index in [1.807, 2.05) is 0 Å². The van der Waals surface area contributed by atoms with Crippen LogP contribution in [0, 0.1) is 0 Å². The lowest BCUT2D eigenvalue weighted by Crippen LogP contribution is -2.24. The summed E-state index contributed by atoms with van der Waals surface area (Å²) in [6.07, 6.45) is 1.27. The number of alkyl halides is 2. The molecule has 1 atom stereocenters. The molecule has 1 aromatic rings. The van der Waals surface area contributed by atoms with Gasteiger partial charge in [-0.05, 0) is 12.8 Å². The highest BCUT2D eigenvalue weighted by atomic mass is 32.1. The number of hydrogen-bond acceptors (Lipinski definition) is 4. The zero-order valence-corrected chi connectivity index (χ0v) is 11.2. The third-order valence-electron chi connectivity index (χ3n) is 3.25. The van der Waals surface area contributed by atoms with Crippen LogP contribution < -0.4 is 5.73 Å². The highest BCUT2D eigenvalue weighted by Crippen LogP contribution is 2.43. The molecule has 0 spiro atoms. The van der Waals surface area contributed by atoms with Gasteiger partial charge in [0.05, 0.1) is 17.3 Å². The normalized spacial score (nSPS) is 23.2. The maximum atomic E-state index is 13.4. The van der Waals surface area contributed by atoms with Crippen LogP contribution in [0.15, 0.2) is 0 Å². The Balaban J connectivity index is 2.17. The number of hydrogen-bond donors (Lipinski definition) is 1. The predicted octanol–water partition coefficient (Wildman–Crippen LogP) is 3.04. The number of methoxy groups -OCH3 is 1. The molecular formula is C12H18F2N2OS. The SMILES string of the molecule is COCc1nc(C2CCCC(F)(F)C2)sc1CN. The number of aromatic nitrogens is 1. The lowest BCUT2D eigenvalue weighted by molar-refractivity contribution is -0.0408. The van der Waals surface area contributed by atoms with Crippen LogP contribution in [-0.4, -0.2) is 18.0 Å². The number of ether oxygens (including phenoxy) is 1. The van der Waals surface area contributed by atoms with Crippen molar-refractivity contribution in [2.45, 2.75) is 50.7 Å². The predicted molar refractivity (Wildman–Crippen MR) is 66.9 cm³/mol. The maximum absolute atomic E-state index is 13.4. The summed E-state index contributed by atoms with van der Waals surface area (Å²) in [5, 5.41) is 0.793. The summed E-state index contributed by atoms with van der Waals surface area (Å²) in [6.45, 7) is 0.783. The molecule has 2 N–H and O–H groups in total. The molecule has 0 amide bonds. The van der Waals surface area contributed by atoms with Gasteiger partial charge < -0.3 is 10.5 Å². The van der Waals surface area contributed by atoms with Crippen LogP contribution in [0.2, 0.25) is 0 Å². The lowest BCUT2D eigenvalue weighted by atomic mass is 9.87. The standard InChI is InChI=1S/C12H18F2N2OS/c1-17-7-9-10(6-15)18-11(16-9)8-3-2-4-12(13,14)5-8/h8H,2-7,15H2,1H3. The number of halogens is 2. The Labute approximate surface area is 109 Å². The minimum Gasteiger partial charge on any atom is -0.378 e. The van der Waals surface area contributed by atoms with E-state index >= 15 is 0 Å². The van der Waals surface area contributed by atoms with Gasteiger partial charge in [-0.2, -0.15) is 0 Å². The first-order valence-corrected chi connectivity index (χ1v) is 6.92. The molecule has 1 heterocycles. The second-order valence-corrected chi connectivity index (χ2v) is 5.82. The van der Waals surface area contributed by atoms with Crippen LogP contribution in [0.25, 0.3) is 0 Å². The Kier molecular flexibility index (Phi) is 4.29. The van der Waals surface area contributed by atoms with Crippen molar-refractivity contribution in [1.29, 1.82) is 0 Å². The molecule has 1 aromatic heterocycles. The van der Waals surface area contributed by atoms with E-state index in [9.17, 15) is 8.78 Å². The molecule has 18 heavy (non-hydrogen) atoms. The summed E-state index contributed by atoms with van der Waals surface area (Å²) in [5.41, 5.74) is 6.44. The van der Waals surface area contributed by atoms with Gasteiger partial charge >= 0.3 is 0 Å². The molecule has 0 saturated heterocycles. The minimum atomic E-state index is -2.54. The first-order valence-electron chi connectivity index (χ1n) is 6.11. The van der Waals surface area contributed by atoms with Crippen LogP contribution in [0.1, 0.15) is 47.2 Å². The second kappa shape index (κ2) is 5.59. The quantitative estimate of drug-likeness (QED) is 0.919. The van der Waals surface area contributed by atoms with Crippen molar-refractivity contribution in [3.63, 3.8) is 0 Å². The Hall–Kier alpha value is -0.590. The van der Waals surface area contributed by atoms with Crippen molar-refractivity contribution in [3.05, 3.63) is 15.6 Å². The van der Waals surface area contributed by atoms with Crippen LogP contribution in [-0.2, 0) is 17.9 Å². The molecule has 0 aliphatic heterocycles. The van der Waals surface area contributed by atoms with Crippen LogP contribution in [0.5, 0.6) is 0 Å². The Morgan fingerprint density at radius 3 is 2.94 bits per heavy atom.